The summed E-state index contributed by atoms with van der Waals surface area (Å²) in [6.07, 6.45) is -0.817. The molecule has 0 aliphatic rings. The van der Waals surface area contributed by atoms with Crippen LogP contribution in [0.25, 0.3) is 0 Å². The molecule has 11 heavy (non-hydrogen) atoms. The van der Waals surface area contributed by atoms with Gasteiger partial charge in [-0.1, -0.05) is 0 Å². The predicted octanol–water partition coefficient (Wildman–Crippen LogP) is 0.871. The molecular weight excluding hydrogens is 168 g/mol. The topological polar surface area (TPSA) is 74.4 Å². The number of nitrogen functional groups attached to an aromatic ring is 1. The van der Waals surface area contributed by atoms with E-state index in [1.54, 1.807) is 5.38 Å². The van der Waals surface area contributed by atoms with Crippen LogP contribution in [-0.4, -0.2) is 17.6 Å². The highest BCUT2D eigenvalue weighted by Crippen LogP contribution is 2.20. The molecule has 0 unspecified atom stereocenters. The standard InChI is InChI=1S/C5H6N2O3S/c1-9-5(8)10-4-3(6)2-11-7-4/h2H,6H2,1H3. The third-order valence-electron chi connectivity index (χ3n) is 0.909. The first kappa shape index (κ1) is 7.80. The maximum atomic E-state index is 10.5. The number of carbonyl (C=O) groups is 1. The lowest BCUT2D eigenvalue weighted by molar-refractivity contribution is 0.120. The predicted molar refractivity (Wildman–Crippen MR) is 39.6 cm³/mol. The lowest BCUT2D eigenvalue weighted by atomic mass is 10.6. The molecule has 1 aromatic heterocycles. The minimum Gasteiger partial charge on any atom is -0.437 e. The van der Waals surface area contributed by atoms with E-state index >= 15 is 0 Å². The van der Waals surface area contributed by atoms with Gasteiger partial charge < -0.3 is 15.2 Å². The largest absolute Gasteiger partial charge is 0.515 e. The summed E-state index contributed by atoms with van der Waals surface area (Å²) in [7, 11) is 1.21. The van der Waals surface area contributed by atoms with Crippen LogP contribution in [0.2, 0.25) is 0 Å². The molecule has 0 fully saturated rings. The average Bonchev–Trinajstić information content (AvgIpc) is 2.37. The van der Waals surface area contributed by atoms with Crippen LogP contribution in [-0.2, 0) is 4.74 Å². The first-order chi connectivity index (χ1) is 5.24. The fraction of sp³-hybridized carbons (Fsp3) is 0.200. The fourth-order valence-corrected chi connectivity index (χ4v) is 0.938. The number of hydrogen-bond donors (Lipinski definition) is 1. The Labute approximate surface area is 66.9 Å². The lowest BCUT2D eigenvalue weighted by Crippen LogP contribution is -2.08. The number of carbonyl (C=O) groups excluding carboxylic acids is 1. The molecule has 0 spiro atoms. The molecule has 6 heteroatoms. The van der Waals surface area contributed by atoms with E-state index in [-0.39, 0.29) is 5.88 Å². The number of ether oxygens (including phenoxy) is 2. The van der Waals surface area contributed by atoms with Gasteiger partial charge in [0.15, 0.2) is 0 Å². The molecule has 0 atom stereocenters. The van der Waals surface area contributed by atoms with Crippen molar-refractivity contribution in [1.82, 2.24) is 4.37 Å². The van der Waals surface area contributed by atoms with E-state index in [2.05, 4.69) is 13.8 Å². The molecule has 2 N–H and O–H groups in total. The lowest BCUT2D eigenvalue weighted by Gasteiger charge is -1.97. The third-order valence-corrected chi connectivity index (χ3v) is 1.54. The maximum absolute atomic E-state index is 10.5. The molecule has 0 radical (unpaired) electrons. The monoisotopic (exact) mass is 174 g/mol. The van der Waals surface area contributed by atoms with E-state index in [0.717, 1.165) is 11.5 Å². The molecule has 1 aromatic rings. The van der Waals surface area contributed by atoms with Crippen LogP contribution in [0.3, 0.4) is 0 Å². The molecule has 0 aliphatic heterocycles. The number of anilines is 1. The Bertz CT molecular complexity index is 260. The van der Waals surface area contributed by atoms with Gasteiger partial charge in [-0.2, -0.15) is 4.37 Å². The van der Waals surface area contributed by atoms with E-state index in [9.17, 15) is 4.79 Å². The number of rotatable bonds is 1. The van der Waals surface area contributed by atoms with Crippen molar-refractivity contribution in [3.63, 3.8) is 0 Å². The molecule has 1 heterocycles. The molecule has 0 saturated carbocycles. The Morgan fingerprint density at radius 2 is 2.55 bits per heavy atom. The Morgan fingerprint density at radius 3 is 3.00 bits per heavy atom. The van der Waals surface area contributed by atoms with Crippen LogP contribution in [0, 0.1) is 0 Å². The van der Waals surface area contributed by atoms with Gasteiger partial charge in [0.2, 0.25) is 0 Å². The van der Waals surface area contributed by atoms with Crippen molar-refractivity contribution in [2.24, 2.45) is 0 Å². The molecule has 1 rings (SSSR count). The van der Waals surface area contributed by atoms with Crippen molar-refractivity contribution in [3.8, 4) is 5.88 Å². The van der Waals surface area contributed by atoms with Gasteiger partial charge in [-0.25, -0.2) is 4.79 Å². The van der Waals surface area contributed by atoms with E-state index in [1.807, 2.05) is 0 Å². The summed E-state index contributed by atoms with van der Waals surface area (Å²) in [6.45, 7) is 0. The summed E-state index contributed by atoms with van der Waals surface area (Å²) in [5.41, 5.74) is 5.69. The van der Waals surface area contributed by atoms with Crippen molar-refractivity contribution in [2.75, 3.05) is 12.8 Å². The molecule has 5 nitrogen and oxygen atoms in total. The van der Waals surface area contributed by atoms with Crippen molar-refractivity contribution in [2.45, 2.75) is 0 Å². The maximum Gasteiger partial charge on any atom is 0.515 e. The van der Waals surface area contributed by atoms with E-state index < -0.39 is 6.16 Å². The van der Waals surface area contributed by atoms with Gasteiger partial charge in [-0.3, -0.25) is 0 Å². The second-order valence-corrected chi connectivity index (χ2v) is 2.26. The molecule has 60 valence electrons. The molecule has 0 aromatic carbocycles. The Morgan fingerprint density at radius 1 is 1.82 bits per heavy atom. The van der Waals surface area contributed by atoms with Crippen LogP contribution < -0.4 is 10.5 Å². The summed E-state index contributed by atoms with van der Waals surface area (Å²) in [5, 5.41) is 1.57. The number of methoxy groups -OCH3 is 1. The number of nitrogens with zero attached hydrogens (tertiary/aromatic N) is 1. The first-order valence-corrected chi connectivity index (χ1v) is 3.53. The van der Waals surface area contributed by atoms with Gasteiger partial charge in [0.1, 0.15) is 5.69 Å². The van der Waals surface area contributed by atoms with Gasteiger partial charge in [-0.15, -0.1) is 0 Å². The van der Waals surface area contributed by atoms with E-state index in [1.165, 1.54) is 7.11 Å². The van der Waals surface area contributed by atoms with E-state index in [0.29, 0.717) is 5.69 Å². The zero-order valence-corrected chi connectivity index (χ0v) is 6.55. The zero-order chi connectivity index (χ0) is 8.27. The summed E-state index contributed by atoms with van der Waals surface area (Å²) < 4.78 is 12.5. The highest BCUT2D eigenvalue weighted by Gasteiger charge is 2.08. The van der Waals surface area contributed by atoms with Crippen LogP contribution in [0.1, 0.15) is 0 Å². The molecule has 0 aliphatic carbocycles. The highest BCUT2D eigenvalue weighted by molar-refractivity contribution is 7.04. The Kier molecular flexibility index (Phi) is 2.27. The Balaban J connectivity index is 2.64. The van der Waals surface area contributed by atoms with Crippen LogP contribution in [0.5, 0.6) is 5.88 Å². The second kappa shape index (κ2) is 3.20. The first-order valence-electron chi connectivity index (χ1n) is 2.69. The number of aromatic nitrogens is 1. The van der Waals surface area contributed by atoms with Crippen molar-refractivity contribution >= 4 is 23.4 Å². The minimum absolute atomic E-state index is 0.0989. The molecular formula is C5H6N2O3S. The van der Waals surface area contributed by atoms with Gasteiger partial charge in [0.05, 0.1) is 7.11 Å². The molecule has 0 amide bonds. The van der Waals surface area contributed by atoms with Gasteiger partial charge in [-0.05, 0) is 11.5 Å². The highest BCUT2D eigenvalue weighted by atomic mass is 32.1. The molecule has 0 bridgehead atoms. The number of nitrogens with two attached hydrogens (primary N) is 1. The van der Waals surface area contributed by atoms with Crippen LogP contribution in [0.4, 0.5) is 10.5 Å². The van der Waals surface area contributed by atoms with Crippen LogP contribution in [0.15, 0.2) is 5.38 Å². The van der Waals surface area contributed by atoms with Gasteiger partial charge >= 0.3 is 6.16 Å². The smallest absolute Gasteiger partial charge is 0.437 e. The normalized spacial score (nSPS) is 9.18. The van der Waals surface area contributed by atoms with Gasteiger partial charge in [0.25, 0.3) is 5.88 Å². The summed E-state index contributed by atoms with van der Waals surface area (Å²) in [4.78, 5) is 10.5. The van der Waals surface area contributed by atoms with Crippen molar-refractivity contribution < 1.29 is 14.3 Å². The SMILES string of the molecule is COC(=O)Oc1nscc1N. The second-order valence-electron chi connectivity index (χ2n) is 1.63. The summed E-state index contributed by atoms with van der Waals surface area (Å²) in [6, 6.07) is 0. The minimum atomic E-state index is -0.817. The number of hydrogen-bond acceptors (Lipinski definition) is 6. The van der Waals surface area contributed by atoms with E-state index in [4.69, 9.17) is 5.73 Å². The third kappa shape index (κ3) is 1.81. The fourth-order valence-electron chi connectivity index (χ4n) is 0.432. The molecule has 0 saturated heterocycles. The summed E-state index contributed by atoms with van der Waals surface area (Å²) in [5.74, 6) is 0.0989. The van der Waals surface area contributed by atoms with Crippen molar-refractivity contribution in [1.29, 1.82) is 0 Å². The Hall–Kier alpha value is -1.30. The summed E-state index contributed by atoms with van der Waals surface area (Å²) >= 11 is 1.11. The average molecular weight is 174 g/mol. The quantitative estimate of drug-likeness (QED) is 0.639. The van der Waals surface area contributed by atoms with Crippen LogP contribution >= 0.6 is 11.5 Å². The zero-order valence-electron chi connectivity index (χ0n) is 5.73. The van der Waals surface area contributed by atoms with Crippen molar-refractivity contribution in [3.05, 3.63) is 5.38 Å². The van der Waals surface area contributed by atoms with Gasteiger partial charge in [0, 0.05) is 5.38 Å².